The SMILES string of the molecule is Cc1cnc(N2CCN(C(=O)N3CCN(c4ncc(C)cc4C4CC4)CC3)CC2)c(C2CC2)c1. The average molecular weight is 461 g/mol. The molecule has 7 nitrogen and oxygen atoms in total. The summed E-state index contributed by atoms with van der Waals surface area (Å²) in [5.41, 5.74) is 5.30. The Kier molecular flexibility index (Phi) is 5.58. The molecule has 2 aromatic rings. The van der Waals surface area contributed by atoms with Crippen LogP contribution in [-0.2, 0) is 0 Å². The summed E-state index contributed by atoms with van der Waals surface area (Å²) in [6.07, 6.45) is 9.09. The maximum atomic E-state index is 13.3. The van der Waals surface area contributed by atoms with Crippen molar-refractivity contribution in [3.63, 3.8) is 0 Å². The lowest BCUT2D eigenvalue weighted by atomic mass is 10.1. The van der Waals surface area contributed by atoms with E-state index in [1.807, 2.05) is 22.2 Å². The number of hydrogen-bond acceptors (Lipinski definition) is 5. The summed E-state index contributed by atoms with van der Waals surface area (Å²) in [5, 5.41) is 0. The molecule has 180 valence electrons. The van der Waals surface area contributed by atoms with Gasteiger partial charge in [-0.15, -0.1) is 0 Å². The first-order chi connectivity index (χ1) is 16.6. The zero-order chi connectivity index (χ0) is 23.2. The highest BCUT2D eigenvalue weighted by Crippen LogP contribution is 2.45. The van der Waals surface area contributed by atoms with Crippen LogP contribution in [0.5, 0.6) is 0 Å². The second kappa shape index (κ2) is 8.75. The van der Waals surface area contributed by atoms with Crippen LogP contribution in [0.4, 0.5) is 16.4 Å². The van der Waals surface area contributed by atoms with E-state index in [0.717, 1.165) is 64.0 Å². The molecular formula is C27H36N6O. The zero-order valence-electron chi connectivity index (χ0n) is 20.5. The molecule has 2 saturated heterocycles. The summed E-state index contributed by atoms with van der Waals surface area (Å²) in [4.78, 5) is 31.7. The molecule has 0 atom stereocenters. The van der Waals surface area contributed by atoms with Crippen LogP contribution in [0.1, 0.15) is 59.8 Å². The summed E-state index contributed by atoms with van der Waals surface area (Å²) in [6, 6.07) is 4.82. The highest BCUT2D eigenvalue weighted by molar-refractivity contribution is 5.75. The van der Waals surface area contributed by atoms with Crippen molar-refractivity contribution in [3.05, 3.63) is 46.8 Å². The zero-order valence-corrected chi connectivity index (χ0v) is 20.5. The monoisotopic (exact) mass is 460 g/mol. The van der Waals surface area contributed by atoms with Gasteiger partial charge in [-0.05, 0) is 73.6 Å². The van der Waals surface area contributed by atoms with Crippen LogP contribution < -0.4 is 9.80 Å². The number of nitrogens with zero attached hydrogens (tertiary/aromatic N) is 6. The lowest BCUT2D eigenvalue weighted by molar-refractivity contribution is 0.147. The van der Waals surface area contributed by atoms with Crippen molar-refractivity contribution in [3.8, 4) is 0 Å². The largest absolute Gasteiger partial charge is 0.353 e. The Bertz CT molecular complexity index is 979. The third-order valence-electron chi connectivity index (χ3n) is 7.80. The van der Waals surface area contributed by atoms with Crippen molar-refractivity contribution in [1.29, 1.82) is 0 Å². The highest BCUT2D eigenvalue weighted by Gasteiger charge is 2.33. The van der Waals surface area contributed by atoms with Crippen LogP contribution in [0, 0.1) is 13.8 Å². The summed E-state index contributed by atoms with van der Waals surface area (Å²) in [7, 11) is 0. The van der Waals surface area contributed by atoms with Gasteiger partial charge in [0.2, 0.25) is 0 Å². The molecule has 0 N–H and O–H groups in total. The fraction of sp³-hybridized carbons (Fsp3) is 0.593. The Morgan fingerprint density at radius 2 is 1.06 bits per heavy atom. The number of hydrogen-bond donors (Lipinski definition) is 0. The molecule has 4 fully saturated rings. The van der Waals surface area contributed by atoms with Gasteiger partial charge in [-0.1, -0.05) is 12.1 Å². The second-order valence-electron chi connectivity index (χ2n) is 10.6. The molecule has 0 spiro atoms. The molecule has 7 heteroatoms. The maximum absolute atomic E-state index is 13.3. The quantitative estimate of drug-likeness (QED) is 0.692. The van der Waals surface area contributed by atoms with E-state index in [-0.39, 0.29) is 6.03 Å². The number of amides is 2. The van der Waals surface area contributed by atoms with Crippen molar-refractivity contribution in [2.75, 3.05) is 62.2 Å². The first kappa shape index (κ1) is 21.7. The Labute approximate surface area is 202 Å². The van der Waals surface area contributed by atoms with E-state index in [2.05, 4.69) is 35.8 Å². The van der Waals surface area contributed by atoms with E-state index in [1.54, 1.807) is 0 Å². The van der Waals surface area contributed by atoms with Crippen LogP contribution in [0.15, 0.2) is 24.5 Å². The van der Waals surface area contributed by atoms with Crippen LogP contribution in [0.25, 0.3) is 0 Å². The fourth-order valence-corrected chi connectivity index (χ4v) is 5.51. The van der Waals surface area contributed by atoms with E-state index in [1.165, 1.54) is 47.9 Å². The van der Waals surface area contributed by atoms with Gasteiger partial charge in [-0.2, -0.15) is 0 Å². The van der Waals surface area contributed by atoms with Gasteiger partial charge in [0.25, 0.3) is 0 Å². The standard InChI is InChI=1S/C27H36N6O/c1-19-15-23(21-3-4-21)25(28-17-19)30-7-11-32(12-8-30)27(34)33-13-9-31(10-14-33)26-24(22-5-6-22)16-20(2)18-29-26/h15-18,21-22H,3-14H2,1-2H3. The Hall–Kier alpha value is -2.83. The molecular weight excluding hydrogens is 424 g/mol. The van der Waals surface area contributed by atoms with Gasteiger partial charge < -0.3 is 19.6 Å². The first-order valence-corrected chi connectivity index (χ1v) is 13.0. The van der Waals surface area contributed by atoms with Gasteiger partial charge in [0, 0.05) is 64.8 Å². The molecule has 4 aliphatic rings. The molecule has 0 aromatic carbocycles. The van der Waals surface area contributed by atoms with E-state index >= 15 is 0 Å². The molecule has 6 rings (SSSR count). The minimum atomic E-state index is 0.192. The van der Waals surface area contributed by atoms with Gasteiger partial charge in [-0.3, -0.25) is 0 Å². The average Bonchev–Trinajstić information content (AvgIpc) is 3.77. The van der Waals surface area contributed by atoms with E-state index in [4.69, 9.17) is 9.97 Å². The van der Waals surface area contributed by atoms with E-state index < -0.39 is 0 Å². The van der Waals surface area contributed by atoms with E-state index in [0.29, 0.717) is 11.8 Å². The summed E-state index contributed by atoms with van der Waals surface area (Å²) < 4.78 is 0. The van der Waals surface area contributed by atoms with Gasteiger partial charge in [-0.25, -0.2) is 14.8 Å². The highest BCUT2D eigenvalue weighted by atomic mass is 16.2. The van der Waals surface area contributed by atoms with Crippen molar-refractivity contribution in [2.45, 2.75) is 51.4 Å². The Morgan fingerprint density at radius 1 is 0.676 bits per heavy atom. The smallest absolute Gasteiger partial charge is 0.320 e. The molecule has 0 bridgehead atoms. The normalized spacial score (nSPS) is 21.2. The van der Waals surface area contributed by atoms with Gasteiger partial charge in [0.05, 0.1) is 0 Å². The molecule has 0 radical (unpaired) electrons. The number of carbonyl (C=O) groups is 1. The number of piperazine rings is 2. The molecule has 2 aliphatic heterocycles. The number of rotatable bonds is 4. The molecule has 2 aliphatic carbocycles. The third-order valence-corrected chi connectivity index (χ3v) is 7.80. The lowest BCUT2D eigenvalue weighted by Crippen LogP contribution is -2.57. The molecule has 2 aromatic heterocycles. The van der Waals surface area contributed by atoms with Gasteiger partial charge in [0.1, 0.15) is 11.6 Å². The van der Waals surface area contributed by atoms with Crippen LogP contribution in [0.2, 0.25) is 0 Å². The number of pyridine rings is 2. The predicted molar refractivity (Wildman–Crippen MR) is 135 cm³/mol. The van der Waals surface area contributed by atoms with E-state index in [9.17, 15) is 4.79 Å². The molecule has 2 saturated carbocycles. The third kappa shape index (κ3) is 4.32. The van der Waals surface area contributed by atoms with Crippen LogP contribution in [-0.4, -0.2) is 78.2 Å². The molecule has 34 heavy (non-hydrogen) atoms. The lowest BCUT2D eigenvalue weighted by Gasteiger charge is -2.41. The predicted octanol–water partition coefficient (Wildman–Crippen LogP) is 3.91. The number of aryl methyl sites for hydroxylation is 2. The molecule has 4 heterocycles. The van der Waals surface area contributed by atoms with Crippen LogP contribution >= 0.6 is 0 Å². The maximum Gasteiger partial charge on any atom is 0.320 e. The molecule has 0 unspecified atom stereocenters. The summed E-state index contributed by atoms with van der Waals surface area (Å²) in [5.74, 6) is 3.65. The van der Waals surface area contributed by atoms with Gasteiger partial charge >= 0.3 is 6.03 Å². The van der Waals surface area contributed by atoms with Crippen molar-refractivity contribution in [1.82, 2.24) is 19.8 Å². The number of urea groups is 1. The minimum Gasteiger partial charge on any atom is -0.353 e. The van der Waals surface area contributed by atoms with Gasteiger partial charge in [0.15, 0.2) is 0 Å². The minimum absolute atomic E-state index is 0.192. The van der Waals surface area contributed by atoms with Crippen LogP contribution in [0.3, 0.4) is 0 Å². The number of carbonyl (C=O) groups excluding carboxylic acids is 1. The first-order valence-electron chi connectivity index (χ1n) is 13.0. The number of anilines is 2. The Balaban J connectivity index is 1.05. The number of aromatic nitrogens is 2. The van der Waals surface area contributed by atoms with Crippen molar-refractivity contribution in [2.24, 2.45) is 0 Å². The molecule has 2 amide bonds. The van der Waals surface area contributed by atoms with Crippen molar-refractivity contribution >= 4 is 17.7 Å². The summed E-state index contributed by atoms with van der Waals surface area (Å²) >= 11 is 0. The van der Waals surface area contributed by atoms with Crippen molar-refractivity contribution < 1.29 is 4.79 Å². The topological polar surface area (TPSA) is 55.8 Å². The Morgan fingerprint density at radius 3 is 1.41 bits per heavy atom. The summed E-state index contributed by atoms with van der Waals surface area (Å²) in [6.45, 7) is 10.8. The fourth-order valence-electron chi connectivity index (χ4n) is 5.51. The second-order valence-corrected chi connectivity index (χ2v) is 10.6.